The predicted molar refractivity (Wildman–Crippen MR) is 85.0 cm³/mol. The molecule has 0 atom stereocenters. The highest BCUT2D eigenvalue weighted by Gasteiger charge is 2.05. The smallest absolute Gasteiger partial charge is 0.160 e. The Bertz CT molecular complexity index is 727. The first-order valence-corrected chi connectivity index (χ1v) is 6.57. The lowest BCUT2D eigenvalue weighted by molar-refractivity contribution is 1.16. The molecule has 104 valence electrons. The van der Waals surface area contributed by atoms with Crippen molar-refractivity contribution < 1.29 is 0 Å². The van der Waals surface area contributed by atoms with Crippen molar-refractivity contribution in [1.82, 2.24) is 9.97 Å². The summed E-state index contributed by atoms with van der Waals surface area (Å²) < 4.78 is 0. The van der Waals surface area contributed by atoms with E-state index in [1.165, 1.54) is 0 Å². The quantitative estimate of drug-likeness (QED) is 0.504. The molecule has 0 aliphatic heterocycles. The maximum Gasteiger partial charge on any atom is 0.160 e. The lowest BCUT2D eigenvalue weighted by Crippen LogP contribution is -2.09. The molecule has 5 heteroatoms. The van der Waals surface area contributed by atoms with Crippen LogP contribution in [0.4, 0.5) is 17.3 Å². The van der Waals surface area contributed by atoms with Crippen molar-refractivity contribution >= 4 is 17.3 Å². The van der Waals surface area contributed by atoms with Crippen molar-refractivity contribution in [1.29, 1.82) is 0 Å². The highest BCUT2D eigenvalue weighted by atomic mass is 15.3. The Morgan fingerprint density at radius 3 is 2.33 bits per heavy atom. The fourth-order valence-corrected chi connectivity index (χ4v) is 2.10. The van der Waals surface area contributed by atoms with Crippen LogP contribution in [0.1, 0.15) is 0 Å². The molecule has 4 N–H and O–H groups in total. The minimum absolute atomic E-state index is 0.511. The van der Waals surface area contributed by atoms with E-state index in [0.717, 1.165) is 16.8 Å². The van der Waals surface area contributed by atoms with E-state index in [9.17, 15) is 0 Å². The number of hydrazine groups is 1. The van der Waals surface area contributed by atoms with Gasteiger partial charge in [-0.2, -0.15) is 0 Å². The van der Waals surface area contributed by atoms with Gasteiger partial charge in [-0.25, -0.2) is 10.8 Å². The lowest BCUT2D eigenvalue weighted by Gasteiger charge is -2.12. The molecule has 1 aromatic heterocycles. The number of nitrogens with one attached hydrogen (secondary N) is 2. The fraction of sp³-hybridized carbons (Fsp3) is 0. The molecule has 2 aromatic carbocycles. The fourth-order valence-electron chi connectivity index (χ4n) is 2.10. The van der Waals surface area contributed by atoms with Gasteiger partial charge >= 0.3 is 0 Å². The zero-order chi connectivity index (χ0) is 14.5. The predicted octanol–water partition coefficient (Wildman–Crippen LogP) is 3.17. The largest absolute Gasteiger partial charge is 0.338 e. The zero-order valence-corrected chi connectivity index (χ0v) is 11.3. The van der Waals surface area contributed by atoms with Crippen LogP contribution in [0.2, 0.25) is 0 Å². The molecule has 0 fully saturated rings. The molecule has 0 unspecified atom stereocenters. The second kappa shape index (κ2) is 6.02. The third-order valence-corrected chi connectivity index (χ3v) is 3.06. The third kappa shape index (κ3) is 2.98. The molecule has 0 aliphatic rings. The molecular formula is C16H15N5. The van der Waals surface area contributed by atoms with Crippen molar-refractivity contribution in [2.45, 2.75) is 0 Å². The van der Waals surface area contributed by atoms with Crippen molar-refractivity contribution in [3.05, 3.63) is 67.0 Å². The molecule has 21 heavy (non-hydrogen) atoms. The summed E-state index contributed by atoms with van der Waals surface area (Å²) in [6.45, 7) is 0. The van der Waals surface area contributed by atoms with Gasteiger partial charge in [0.1, 0.15) is 0 Å². The molecule has 0 spiro atoms. The van der Waals surface area contributed by atoms with Gasteiger partial charge in [0.15, 0.2) is 11.6 Å². The first-order chi connectivity index (χ1) is 10.4. The van der Waals surface area contributed by atoms with E-state index in [-0.39, 0.29) is 0 Å². The Morgan fingerprint density at radius 2 is 1.52 bits per heavy atom. The topological polar surface area (TPSA) is 75.9 Å². The van der Waals surface area contributed by atoms with Crippen LogP contribution in [0.3, 0.4) is 0 Å². The number of benzene rings is 2. The van der Waals surface area contributed by atoms with E-state index < -0.39 is 0 Å². The highest BCUT2D eigenvalue weighted by Crippen LogP contribution is 2.29. The second-order valence-electron chi connectivity index (χ2n) is 4.47. The van der Waals surface area contributed by atoms with Crippen molar-refractivity contribution in [2.24, 2.45) is 5.84 Å². The number of rotatable bonds is 4. The van der Waals surface area contributed by atoms with E-state index in [4.69, 9.17) is 5.84 Å². The number of aromatic nitrogens is 2. The summed E-state index contributed by atoms with van der Waals surface area (Å²) in [7, 11) is 0. The lowest BCUT2D eigenvalue weighted by atomic mass is 10.0. The average molecular weight is 277 g/mol. The van der Waals surface area contributed by atoms with Crippen LogP contribution in [0.5, 0.6) is 0 Å². The van der Waals surface area contributed by atoms with Gasteiger partial charge in [-0.3, -0.25) is 4.98 Å². The third-order valence-electron chi connectivity index (χ3n) is 3.06. The maximum atomic E-state index is 5.35. The van der Waals surface area contributed by atoms with E-state index in [2.05, 4.69) is 38.9 Å². The molecule has 3 aromatic rings. The molecular weight excluding hydrogens is 262 g/mol. The van der Waals surface area contributed by atoms with Gasteiger partial charge < -0.3 is 10.7 Å². The van der Waals surface area contributed by atoms with Crippen LogP contribution in [-0.4, -0.2) is 9.97 Å². The molecule has 0 radical (unpaired) electrons. The Labute approximate surface area is 122 Å². The first kappa shape index (κ1) is 13.1. The molecule has 3 rings (SSSR count). The van der Waals surface area contributed by atoms with Gasteiger partial charge in [0.25, 0.3) is 0 Å². The molecule has 1 heterocycles. The summed E-state index contributed by atoms with van der Waals surface area (Å²) in [5, 5.41) is 3.28. The number of nitrogens with zero attached hydrogens (tertiary/aromatic N) is 2. The zero-order valence-electron chi connectivity index (χ0n) is 11.3. The van der Waals surface area contributed by atoms with Crippen LogP contribution in [0.15, 0.2) is 67.0 Å². The number of nitrogen functional groups attached to an aromatic ring is 1. The second-order valence-corrected chi connectivity index (χ2v) is 4.47. The first-order valence-electron chi connectivity index (χ1n) is 6.57. The molecule has 0 saturated carbocycles. The summed E-state index contributed by atoms with van der Waals surface area (Å²) >= 11 is 0. The van der Waals surface area contributed by atoms with Crippen molar-refractivity contribution in [3.8, 4) is 11.1 Å². The summed E-state index contributed by atoms with van der Waals surface area (Å²) in [5.41, 5.74) is 5.69. The normalized spacial score (nSPS) is 10.1. The van der Waals surface area contributed by atoms with E-state index >= 15 is 0 Å². The Hall–Kier alpha value is -2.92. The monoisotopic (exact) mass is 277 g/mol. The van der Waals surface area contributed by atoms with Gasteiger partial charge in [0.05, 0.1) is 12.4 Å². The highest BCUT2D eigenvalue weighted by molar-refractivity contribution is 5.80. The molecule has 0 bridgehead atoms. The van der Waals surface area contributed by atoms with Crippen LogP contribution in [0, 0.1) is 0 Å². The van der Waals surface area contributed by atoms with Crippen molar-refractivity contribution in [3.63, 3.8) is 0 Å². The van der Waals surface area contributed by atoms with Gasteiger partial charge in [-0.05, 0) is 11.6 Å². The van der Waals surface area contributed by atoms with E-state index in [1.54, 1.807) is 12.4 Å². The van der Waals surface area contributed by atoms with Crippen LogP contribution < -0.4 is 16.6 Å². The average Bonchev–Trinajstić information content (AvgIpc) is 2.56. The maximum absolute atomic E-state index is 5.35. The Morgan fingerprint density at radius 1 is 0.810 bits per heavy atom. The van der Waals surface area contributed by atoms with Gasteiger partial charge in [0, 0.05) is 11.3 Å². The standard InChI is InChI=1S/C16H15N5/c17-21-16-11-18-10-15(20-16)19-14-9-5-4-8-13(14)12-6-2-1-3-7-12/h1-11H,17H2,(H2,19,20,21). The van der Waals surface area contributed by atoms with Crippen LogP contribution >= 0.6 is 0 Å². The SMILES string of the molecule is NNc1cncc(Nc2ccccc2-c2ccccc2)n1. The summed E-state index contributed by atoms with van der Waals surface area (Å²) in [5.74, 6) is 6.50. The Kier molecular flexibility index (Phi) is 3.75. The van der Waals surface area contributed by atoms with E-state index in [1.807, 2.05) is 36.4 Å². The number of para-hydroxylation sites is 1. The number of hydrogen-bond acceptors (Lipinski definition) is 5. The molecule has 0 aliphatic carbocycles. The van der Waals surface area contributed by atoms with Crippen LogP contribution in [0.25, 0.3) is 11.1 Å². The molecule has 5 nitrogen and oxygen atoms in total. The van der Waals surface area contributed by atoms with Gasteiger partial charge in [0.2, 0.25) is 0 Å². The van der Waals surface area contributed by atoms with Crippen LogP contribution in [-0.2, 0) is 0 Å². The molecule has 0 saturated heterocycles. The van der Waals surface area contributed by atoms with Gasteiger partial charge in [-0.1, -0.05) is 48.5 Å². The number of anilines is 3. The van der Waals surface area contributed by atoms with E-state index in [0.29, 0.717) is 11.6 Å². The Balaban J connectivity index is 1.96. The summed E-state index contributed by atoms with van der Waals surface area (Å²) in [6.07, 6.45) is 3.22. The number of nitrogens with two attached hydrogens (primary N) is 1. The summed E-state index contributed by atoms with van der Waals surface area (Å²) in [4.78, 5) is 8.40. The van der Waals surface area contributed by atoms with Crippen molar-refractivity contribution in [2.75, 3.05) is 10.7 Å². The molecule has 0 amide bonds. The summed E-state index contributed by atoms with van der Waals surface area (Å²) in [6, 6.07) is 18.2. The number of hydrogen-bond donors (Lipinski definition) is 3. The van der Waals surface area contributed by atoms with Gasteiger partial charge in [-0.15, -0.1) is 0 Å². The minimum Gasteiger partial charge on any atom is -0.338 e. The minimum atomic E-state index is 0.511.